The smallest absolute Gasteiger partial charge is 0.349 e. The van der Waals surface area contributed by atoms with Gasteiger partial charge in [-0.2, -0.15) is 0 Å². The first-order valence-electron chi connectivity index (χ1n) is 8.60. The van der Waals surface area contributed by atoms with Crippen molar-refractivity contribution in [3.05, 3.63) is 53.7 Å². The van der Waals surface area contributed by atoms with Crippen LogP contribution >= 0.6 is 0 Å². The highest BCUT2D eigenvalue weighted by Gasteiger charge is 2.40. The second-order valence-electron chi connectivity index (χ2n) is 7.63. The average molecular weight is 388 g/mol. The van der Waals surface area contributed by atoms with Crippen molar-refractivity contribution in [3.63, 3.8) is 0 Å². The molecule has 0 saturated heterocycles. The third kappa shape index (κ3) is 4.94. The summed E-state index contributed by atoms with van der Waals surface area (Å²) in [4.78, 5) is 28.8. The summed E-state index contributed by atoms with van der Waals surface area (Å²) in [5.74, 6) is -0.678. The van der Waals surface area contributed by atoms with Crippen molar-refractivity contribution < 1.29 is 23.5 Å². The maximum Gasteiger partial charge on any atom is 0.349 e. The van der Waals surface area contributed by atoms with Gasteiger partial charge in [0, 0.05) is 6.20 Å². The minimum absolute atomic E-state index is 0.0870. The number of aromatic nitrogens is 1. The van der Waals surface area contributed by atoms with Gasteiger partial charge in [-0.15, -0.1) is 0 Å². The molecule has 7 heteroatoms. The maximum absolute atomic E-state index is 12.8. The molecule has 0 N–H and O–H groups in total. The number of hydrogen-bond donors (Lipinski definition) is 0. The zero-order valence-electron chi connectivity index (χ0n) is 16.5. The molecule has 1 heterocycles. The number of hydrogen-bond acceptors (Lipinski definition) is 6. The molecule has 2 rings (SSSR count). The molecule has 0 radical (unpaired) electrons. The Hall–Kier alpha value is -2.67. The second-order valence-corrected chi connectivity index (χ2v) is 12.4. The lowest BCUT2D eigenvalue weighted by atomic mass is 10.2. The van der Waals surface area contributed by atoms with Crippen molar-refractivity contribution in [1.29, 1.82) is 0 Å². The van der Waals surface area contributed by atoms with E-state index in [1.54, 1.807) is 24.3 Å². The number of carbonyl (C=O) groups excluding carboxylic acids is 2. The highest BCUT2D eigenvalue weighted by molar-refractivity contribution is 6.74. The summed E-state index contributed by atoms with van der Waals surface area (Å²) < 4.78 is 16.3. The van der Waals surface area contributed by atoms with Crippen LogP contribution in [0.4, 0.5) is 0 Å². The zero-order chi connectivity index (χ0) is 20.2. The summed E-state index contributed by atoms with van der Waals surface area (Å²) in [5, 5.41) is -0.0870. The fourth-order valence-corrected chi connectivity index (χ4v) is 2.91. The van der Waals surface area contributed by atoms with Gasteiger partial charge in [-0.25, -0.2) is 14.6 Å². The molecule has 0 saturated carbocycles. The van der Waals surface area contributed by atoms with Gasteiger partial charge in [-0.3, -0.25) is 0 Å². The first-order chi connectivity index (χ1) is 12.5. The van der Waals surface area contributed by atoms with Gasteiger partial charge < -0.3 is 13.9 Å². The Labute approximate surface area is 160 Å². The maximum atomic E-state index is 12.8. The normalized spacial score (nSPS) is 11.6. The molecule has 0 atom stereocenters. The molecule has 1 aromatic heterocycles. The van der Waals surface area contributed by atoms with Crippen LogP contribution in [0.15, 0.2) is 42.6 Å². The summed E-state index contributed by atoms with van der Waals surface area (Å²) >= 11 is 0. The highest BCUT2D eigenvalue weighted by atomic mass is 28.4. The summed E-state index contributed by atoms with van der Waals surface area (Å²) in [6, 6.07) is 10.1. The molecular weight excluding hydrogens is 362 g/mol. The van der Waals surface area contributed by atoms with Gasteiger partial charge in [0.2, 0.25) is 5.88 Å². The van der Waals surface area contributed by atoms with E-state index in [4.69, 9.17) is 13.9 Å². The molecule has 0 aliphatic carbocycles. The molecule has 1 aromatic carbocycles. The molecule has 6 nitrogen and oxygen atoms in total. The number of ether oxygens (including phenoxy) is 2. The van der Waals surface area contributed by atoms with Crippen molar-refractivity contribution in [2.24, 2.45) is 0 Å². The predicted molar refractivity (Wildman–Crippen MR) is 105 cm³/mol. The third-order valence-electron chi connectivity index (χ3n) is 4.60. The van der Waals surface area contributed by atoms with E-state index in [1.807, 2.05) is 6.07 Å². The van der Waals surface area contributed by atoms with Crippen LogP contribution in [-0.4, -0.2) is 32.3 Å². The number of methoxy groups -OCH3 is 1. The van der Waals surface area contributed by atoms with Crippen LogP contribution in [0.2, 0.25) is 18.1 Å². The van der Waals surface area contributed by atoms with Crippen LogP contribution in [0.5, 0.6) is 11.6 Å². The molecule has 0 unspecified atom stereocenters. The van der Waals surface area contributed by atoms with E-state index in [2.05, 4.69) is 38.8 Å². The van der Waals surface area contributed by atoms with Crippen molar-refractivity contribution in [2.75, 3.05) is 7.11 Å². The van der Waals surface area contributed by atoms with E-state index in [0.29, 0.717) is 5.75 Å². The number of carbonyl (C=O) groups is 2. The number of rotatable bonds is 5. The van der Waals surface area contributed by atoms with Gasteiger partial charge in [0.05, 0.1) is 12.7 Å². The summed E-state index contributed by atoms with van der Waals surface area (Å²) in [6.45, 7) is 10.4. The Morgan fingerprint density at radius 2 is 1.67 bits per heavy atom. The lowest BCUT2D eigenvalue weighted by Gasteiger charge is -2.36. The van der Waals surface area contributed by atoms with Gasteiger partial charge >= 0.3 is 11.9 Å². The minimum atomic E-state index is -2.25. The van der Waals surface area contributed by atoms with Gasteiger partial charge in [-0.05, 0) is 36.3 Å². The van der Waals surface area contributed by atoms with E-state index in [-0.39, 0.29) is 22.0 Å². The summed E-state index contributed by atoms with van der Waals surface area (Å²) in [7, 11) is -0.986. The molecule has 27 heavy (non-hydrogen) atoms. The third-order valence-corrected chi connectivity index (χ3v) is 8.92. The topological polar surface area (TPSA) is 74.7 Å². The Bertz CT molecular complexity index is 828. The van der Waals surface area contributed by atoms with Crippen LogP contribution in [0.3, 0.4) is 0 Å². The summed E-state index contributed by atoms with van der Waals surface area (Å²) in [6.07, 6.45) is 1.34. The molecule has 0 aliphatic heterocycles. The average Bonchev–Trinajstić information content (AvgIpc) is 2.61. The Morgan fingerprint density at radius 3 is 2.22 bits per heavy atom. The van der Waals surface area contributed by atoms with Crippen LogP contribution in [0.1, 0.15) is 41.5 Å². The second kappa shape index (κ2) is 7.92. The van der Waals surface area contributed by atoms with E-state index in [9.17, 15) is 9.59 Å². The van der Waals surface area contributed by atoms with Crippen molar-refractivity contribution in [3.8, 4) is 11.6 Å². The Morgan fingerprint density at radius 1 is 1.04 bits per heavy atom. The molecule has 0 spiro atoms. The van der Waals surface area contributed by atoms with Gasteiger partial charge in [-0.1, -0.05) is 39.0 Å². The first kappa shape index (κ1) is 20.6. The van der Waals surface area contributed by atoms with E-state index < -0.39 is 20.3 Å². The Kier molecular flexibility index (Phi) is 6.05. The molecular formula is C20H25NO5Si. The fourth-order valence-electron chi connectivity index (χ4n) is 1.95. The summed E-state index contributed by atoms with van der Waals surface area (Å²) in [5.41, 5.74) is 0.242. The van der Waals surface area contributed by atoms with Gasteiger partial charge in [0.25, 0.3) is 8.32 Å². The minimum Gasteiger partial charge on any atom is -0.530 e. The van der Waals surface area contributed by atoms with Crippen LogP contribution in [-0.2, 0) is 4.74 Å². The zero-order valence-corrected chi connectivity index (χ0v) is 17.5. The van der Waals surface area contributed by atoms with Gasteiger partial charge in [0.1, 0.15) is 11.3 Å². The molecule has 0 fully saturated rings. The predicted octanol–water partition coefficient (Wildman–Crippen LogP) is 4.47. The van der Waals surface area contributed by atoms with Crippen LogP contribution in [0.25, 0.3) is 0 Å². The van der Waals surface area contributed by atoms with Gasteiger partial charge in [0.15, 0.2) is 0 Å². The Balaban J connectivity index is 2.44. The standard InChI is InChI=1S/C20H25NO5Si/c1-20(2,3)27(5,6)26-17-16(12-14(13-21-17)18(22)24-4)19(23)25-15-10-8-7-9-11-15/h7-13H,1-6H3. The number of para-hydroxylation sites is 1. The molecule has 0 bridgehead atoms. The molecule has 144 valence electrons. The lowest BCUT2D eigenvalue weighted by Crippen LogP contribution is -2.44. The first-order valence-corrected chi connectivity index (χ1v) is 11.5. The number of esters is 2. The number of pyridine rings is 1. The van der Waals surface area contributed by atoms with E-state index in [0.717, 1.165) is 0 Å². The van der Waals surface area contributed by atoms with E-state index in [1.165, 1.54) is 19.4 Å². The van der Waals surface area contributed by atoms with Crippen molar-refractivity contribution in [1.82, 2.24) is 4.98 Å². The number of benzene rings is 1. The lowest BCUT2D eigenvalue weighted by molar-refractivity contribution is 0.0600. The fraction of sp³-hybridized carbons (Fsp3) is 0.350. The SMILES string of the molecule is COC(=O)c1cnc(O[Si](C)(C)C(C)(C)C)c(C(=O)Oc2ccccc2)c1. The largest absolute Gasteiger partial charge is 0.530 e. The van der Waals surface area contributed by atoms with Crippen LogP contribution in [0, 0.1) is 0 Å². The molecule has 0 amide bonds. The van der Waals surface area contributed by atoms with Crippen molar-refractivity contribution >= 4 is 20.3 Å². The van der Waals surface area contributed by atoms with Crippen LogP contribution < -0.4 is 9.16 Å². The van der Waals surface area contributed by atoms with Crippen molar-refractivity contribution in [2.45, 2.75) is 38.9 Å². The molecule has 0 aliphatic rings. The molecule has 2 aromatic rings. The monoisotopic (exact) mass is 387 g/mol. The van der Waals surface area contributed by atoms with E-state index >= 15 is 0 Å². The quantitative estimate of drug-likeness (QED) is 0.428. The highest BCUT2D eigenvalue weighted by Crippen LogP contribution is 2.37. The number of nitrogens with zero attached hydrogens (tertiary/aromatic N) is 1.